The maximum atomic E-state index is 12.1. The third kappa shape index (κ3) is 5.19. The third-order valence-electron chi connectivity index (χ3n) is 2.59. The van der Waals surface area contributed by atoms with Crippen LogP contribution >= 0.6 is 22.9 Å². The van der Waals surface area contributed by atoms with Crippen LogP contribution in [-0.4, -0.2) is 25.0 Å². The van der Waals surface area contributed by atoms with Gasteiger partial charge in [-0.2, -0.15) is 8.78 Å². The number of thiophene rings is 1. The summed E-state index contributed by atoms with van der Waals surface area (Å²) >= 11 is 7.03. The normalized spacial score (nSPS) is 10.4. The molecule has 0 fully saturated rings. The molecule has 0 aliphatic carbocycles. The van der Waals surface area contributed by atoms with Crippen LogP contribution in [-0.2, 0) is 4.79 Å². The van der Waals surface area contributed by atoms with Crippen molar-refractivity contribution in [3.63, 3.8) is 0 Å². The maximum absolute atomic E-state index is 12.1. The van der Waals surface area contributed by atoms with Gasteiger partial charge in [-0.3, -0.25) is 9.59 Å². The largest absolute Gasteiger partial charge is 0.433 e. The highest BCUT2D eigenvalue weighted by molar-refractivity contribution is 7.12. The summed E-state index contributed by atoms with van der Waals surface area (Å²) in [7, 11) is 0. The van der Waals surface area contributed by atoms with Gasteiger partial charge in [0.1, 0.15) is 5.75 Å². The molecule has 2 amide bonds. The lowest BCUT2D eigenvalue weighted by molar-refractivity contribution is -0.115. The van der Waals surface area contributed by atoms with Crippen LogP contribution in [0.1, 0.15) is 9.67 Å². The van der Waals surface area contributed by atoms with Crippen molar-refractivity contribution >= 4 is 40.4 Å². The average molecular weight is 361 g/mol. The molecule has 5 nitrogen and oxygen atoms in total. The minimum absolute atomic E-state index is 0.0641. The molecule has 0 saturated heterocycles. The summed E-state index contributed by atoms with van der Waals surface area (Å²) in [4.78, 5) is 23.9. The molecule has 0 radical (unpaired) electrons. The van der Waals surface area contributed by atoms with Crippen LogP contribution in [0.25, 0.3) is 0 Å². The van der Waals surface area contributed by atoms with Crippen LogP contribution in [0.5, 0.6) is 5.75 Å². The van der Waals surface area contributed by atoms with Crippen molar-refractivity contribution in [1.82, 2.24) is 5.32 Å². The summed E-state index contributed by atoms with van der Waals surface area (Å²) in [6, 6.07) is 7.22. The van der Waals surface area contributed by atoms with E-state index in [0.29, 0.717) is 10.6 Å². The van der Waals surface area contributed by atoms with Gasteiger partial charge in [0, 0.05) is 5.69 Å². The molecule has 2 aromatic rings. The van der Waals surface area contributed by atoms with Crippen LogP contribution in [0, 0.1) is 0 Å². The minimum atomic E-state index is -2.99. The molecule has 0 bridgehead atoms. The number of carbonyl (C=O) groups excluding carboxylic acids is 2. The second-order valence-corrected chi connectivity index (χ2v) is 5.59. The highest BCUT2D eigenvalue weighted by Gasteiger charge is 2.11. The van der Waals surface area contributed by atoms with E-state index in [0.717, 1.165) is 0 Å². The van der Waals surface area contributed by atoms with Crippen molar-refractivity contribution in [2.24, 2.45) is 0 Å². The predicted octanol–water partition coefficient (Wildman–Crippen LogP) is 3.37. The molecule has 1 aromatic carbocycles. The summed E-state index contributed by atoms with van der Waals surface area (Å²) in [5.41, 5.74) is 0.298. The molecule has 1 heterocycles. The smallest absolute Gasteiger partial charge is 0.387 e. The van der Waals surface area contributed by atoms with Crippen molar-refractivity contribution in [2.75, 3.05) is 11.9 Å². The van der Waals surface area contributed by atoms with Crippen LogP contribution in [0.4, 0.5) is 14.5 Å². The first-order chi connectivity index (χ1) is 11.0. The van der Waals surface area contributed by atoms with Gasteiger partial charge in [0.2, 0.25) is 5.91 Å². The van der Waals surface area contributed by atoms with E-state index in [9.17, 15) is 18.4 Å². The first kappa shape index (κ1) is 17.2. The molecule has 23 heavy (non-hydrogen) atoms. The second-order valence-electron chi connectivity index (χ2n) is 4.23. The molecule has 0 aliphatic rings. The lowest BCUT2D eigenvalue weighted by Gasteiger charge is -2.10. The maximum Gasteiger partial charge on any atom is 0.387 e. The van der Waals surface area contributed by atoms with E-state index in [4.69, 9.17) is 11.6 Å². The molecular weight excluding hydrogens is 350 g/mol. The Balaban J connectivity index is 1.87. The van der Waals surface area contributed by atoms with Crippen LogP contribution in [0.15, 0.2) is 35.7 Å². The number of rotatable bonds is 6. The molecule has 9 heteroatoms. The van der Waals surface area contributed by atoms with Crippen molar-refractivity contribution in [1.29, 1.82) is 0 Å². The Labute approximate surface area is 139 Å². The average Bonchev–Trinajstić information content (AvgIpc) is 3.01. The summed E-state index contributed by atoms with van der Waals surface area (Å²) < 4.78 is 28.4. The predicted molar refractivity (Wildman–Crippen MR) is 83.4 cm³/mol. The van der Waals surface area contributed by atoms with Crippen LogP contribution in [0.2, 0.25) is 5.02 Å². The standard InChI is InChI=1S/C14H11ClF2N2O3S/c15-9-6-8(3-4-10(9)22-14(16)17)19-12(20)7-18-13(21)11-2-1-5-23-11/h1-6,14H,7H2,(H,18,21)(H,19,20). The lowest BCUT2D eigenvalue weighted by atomic mass is 10.3. The van der Waals surface area contributed by atoms with E-state index in [1.54, 1.807) is 17.5 Å². The molecule has 0 spiro atoms. The lowest BCUT2D eigenvalue weighted by Crippen LogP contribution is -2.32. The molecule has 2 rings (SSSR count). The monoisotopic (exact) mass is 360 g/mol. The van der Waals surface area contributed by atoms with Gasteiger partial charge in [-0.15, -0.1) is 11.3 Å². The zero-order chi connectivity index (χ0) is 16.8. The van der Waals surface area contributed by atoms with E-state index in [-0.39, 0.29) is 23.2 Å². The molecule has 0 unspecified atom stereocenters. The van der Waals surface area contributed by atoms with Gasteiger partial charge < -0.3 is 15.4 Å². The molecule has 1 aromatic heterocycles. The van der Waals surface area contributed by atoms with Gasteiger partial charge in [-0.1, -0.05) is 17.7 Å². The van der Waals surface area contributed by atoms with Crippen molar-refractivity contribution in [3.8, 4) is 5.75 Å². The molecule has 122 valence electrons. The number of benzene rings is 1. The minimum Gasteiger partial charge on any atom is -0.433 e. The van der Waals surface area contributed by atoms with Crippen molar-refractivity contribution in [2.45, 2.75) is 6.61 Å². The van der Waals surface area contributed by atoms with E-state index >= 15 is 0 Å². The molecule has 0 aliphatic heterocycles. The second kappa shape index (κ2) is 7.89. The number of halogens is 3. The van der Waals surface area contributed by atoms with Gasteiger partial charge in [0.05, 0.1) is 16.4 Å². The summed E-state index contributed by atoms with van der Waals surface area (Å²) in [5, 5.41) is 6.63. The Hall–Kier alpha value is -2.19. The van der Waals surface area contributed by atoms with Gasteiger partial charge in [-0.25, -0.2) is 0 Å². The fraction of sp³-hybridized carbons (Fsp3) is 0.143. The van der Waals surface area contributed by atoms with E-state index in [2.05, 4.69) is 15.4 Å². The topological polar surface area (TPSA) is 67.4 Å². The fourth-order valence-corrected chi connectivity index (χ4v) is 2.50. The summed E-state index contributed by atoms with van der Waals surface area (Å²) in [6.45, 7) is -3.22. The van der Waals surface area contributed by atoms with E-state index in [1.807, 2.05) is 0 Å². The Kier molecular flexibility index (Phi) is 5.89. The number of ether oxygens (including phenoxy) is 1. The van der Waals surface area contributed by atoms with Gasteiger partial charge in [-0.05, 0) is 29.6 Å². The first-order valence-corrected chi connectivity index (χ1v) is 7.57. The molecule has 0 atom stereocenters. The Morgan fingerprint density at radius 1 is 1.30 bits per heavy atom. The number of nitrogens with one attached hydrogen (secondary N) is 2. The van der Waals surface area contributed by atoms with Crippen molar-refractivity contribution < 1.29 is 23.1 Å². The number of anilines is 1. The van der Waals surface area contributed by atoms with Crippen molar-refractivity contribution in [3.05, 3.63) is 45.6 Å². The quantitative estimate of drug-likeness (QED) is 0.830. The van der Waals surface area contributed by atoms with Gasteiger partial charge in [0.25, 0.3) is 5.91 Å². The highest BCUT2D eigenvalue weighted by Crippen LogP contribution is 2.28. The van der Waals surface area contributed by atoms with Crippen LogP contribution < -0.4 is 15.4 Å². The number of hydrogen-bond donors (Lipinski definition) is 2. The number of carbonyl (C=O) groups is 2. The SMILES string of the molecule is O=C(CNC(=O)c1cccs1)Nc1ccc(OC(F)F)c(Cl)c1. The zero-order valence-electron chi connectivity index (χ0n) is 11.5. The Morgan fingerprint density at radius 2 is 2.09 bits per heavy atom. The number of hydrogen-bond acceptors (Lipinski definition) is 4. The molecular formula is C14H11ClF2N2O3S. The van der Waals surface area contributed by atoms with Gasteiger partial charge >= 0.3 is 6.61 Å². The summed E-state index contributed by atoms with van der Waals surface area (Å²) in [5.74, 6) is -1.02. The molecule has 2 N–H and O–H groups in total. The van der Waals surface area contributed by atoms with Crippen LogP contribution in [0.3, 0.4) is 0 Å². The number of alkyl halides is 2. The molecule has 0 saturated carbocycles. The van der Waals surface area contributed by atoms with E-state index in [1.165, 1.54) is 29.5 Å². The van der Waals surface area contributed by atoms with Gasteiger partial charge in [0.15, 0.2) is 0 Å². The third-order valence-corrected chi connectivity index (χ3v) is 3.75. The first-order valence-electron chi connectivity index (χ1n) is 6.31. The zero-order valence-corrected chi connectivity index (χ0v) is 13.1. The Morgan fingerprint density at radius 3 is 2.70 bits per heavy atom. The summed E-state index contributed by atoms with van der Waals surface area (Å²) in [6.07, 6.45) is 0. The van der Waals surface area contributed by atoms with E-state index < -0.39 is 12.5 Å². The number of amides is 2. The fourth-order valence-electron chi connectivity index (χ4n) is 1.63. The Bertz CT molecular complexity index is 695. The highest BCUT2D eigenvalue weighted by atomic mass is 35.5.